The van der Waals surface area contributed by atoms with Gasteiger partial charge in [0, 0.05) is 43.6 Å². The monoisotopic (exact) mass is 328 g/mol. The van der Waals surface area contributed by atoms with Crippen LogP contribution in [0.3, 0.4) is 0 Å². The summed E-state index contributed by atoms with van der Waals surface area (Å²) in [4.78, 5) is 23.0. The molecule has 0 radical (unpaired) electrons. The molecule has 5 nitrogen and oxygen atoms in total. The summed E-state index contributed by atoms with van der Waals surface area (Å²) in [6.07, 6.45) is 5.34. The lowest BCUT2D eigenvalue weighted by molar-refractivity contribution is 0.0792. The molecule has 0 aliphatic carbocycles. The Labute approximate surface area is 139 Å². The van der Waals surface area contributed by atoms with E-state index in [2.05, 4.69) is 9.97 Å². The van der Waals surface area contributed by atoms with Crippen LogP contribution < -0.4 is 0 Å². The minimum absolute atomic E-state index is 0.0390. The second-order valence-electron chi connectivity index (χ2n) is 5.47. The number of hydrogen-bond donors (Lipinski definition) is 0. The molecule has 0 bridgehead atoms. The number of carbonyl (C=O) groups is 1. The summed E-state index contributed by atoms with van der Waals surface area (Å²) in [5.41, 5.74) is 2.07. The summed E-state index contributed by atoms with van der Waals surface area (Å²) < 4.78 is 1.94. The second-order valence-corrected chi connectivity index (χ2v) is 5.88. The SMILES string of the molecule is Cc1cc(C(=O)N(C)CCn2ccnc2)c2cccc(Cl)c2n1. The van der Waals surface area contributed by atoms with Gasteiger partial charge < -0.3 is 9.47 Å². The van der Waals surface area contributed by atoms with E-state index < -0.39 is 0 Å². The van der Waals surface area contributed by atoms with Gasteiger partial charge in [-0.05, 0) is 19.1 Å². The molecule has 118 valence electrons. The largest absolute Gasteiger partial charge is 0.340 e. The zero-order valence-corrected chi connectivity index (χ0v) is 13.8. The van der Waals surface area contributed by atoms with Crippen molar-refractivity contribution in [3.05, 3.63) is 59.3 Å². The van der Waals surface area contributed by atoms with Gasteiger partial charge in [0.2, 0.25) is 0 Å². The molecule has 0 spiro atoms. The minimum Gasteiger partial charge on any atom is -0.340 e. The zero-order chi connectivity index (χ0) is 16.4. The number of amides is 1. The number of benzene rings is 1. The fourth-order valence-corrected chi connectivity index (χ4v) is 2.73. The highest BCUT2D eigenvalue weighted by molar-refractivity contribution is 6.35. The normalized spacial score (nSPS) is 10.9. The Balaban J connectivity index is 1.89. The van der Waals surface area contributed by atoms with Crippen molar-refractivity contribution in [1.29, 1.82) is 0 Å². The van der Waals surface area contributed by atoms with Crippen LogP contribution in [-0.2, 0) is 6.54 Å². The third-order valence-corrected chi connectivity index (χ3v) is 4.05. The summed E-state index contributed by atoms with van der Waals surface area (Å²) >= 11 is 6.22. The van der Waals surface area contributed by atoms with E-state index >= 15 is 0 Å². The van der Waals surface area contributed by atoms with Crippen LogP contribution in [0.1, 0.15) is 16.1 Å². The fraction of sp³-hybridized carbons (Fsp3) is 0.235. The lowest BCUT2D eigenvalue weighted by Crippen LogP contribution is -2.30. The Kier molecular flexibility index (Phi) is 4.30. The number of pyridine rings is 1. The van der Waals surface area contributed by atoms with Crippen LogP contribution in [0.25, 0.3) is 10.9 Å². The Hall–Kier alpha value is -2.40. The summed E-state index contributed by atoms with van der Waals surface area (Å²) in [6, 6.07) is 7.32. The molecule has 0 saturated carbocycles. The lowest BCUT2D eigenvalue weighted by Gasteiger charge is -2.19. The van der Waals surface area contributed by atoms with Crippen molar-refractivity contribution in [3.63, 3.8) is 0 Å². The Morgan fingerprint density at radius 3 is 2.96 bits per heavy atom. The maximum absolute atomic E-state index is 12.8. The van der Waals surface area contributed by atoms with Gasteiger partial charge in [0.25, 0.3) is 5.91 Å². The van der Waals surface area contributed by atoms with E-state index in [9.17, 15) is 4.79 Å². The smallest absolute Gasteiger partial charge is 0.254 e. The molecule has 0 aliphatic heterocycles. The van der Waals surface area contributed by atoms with Crippen LogP contribution in [0, 0.1) is 6.92 Å². The van der Waals surface area contributed by atoms with E-state index in [4.69, 9.17) is 11.6 Å². The van der Waals surface area contributed by atoms with Crippen molar-refractivity contribution in [1.82, 2.24) is 19.4 Å². The van der Waals surface area contributed by atoms with Crippen LogP contribution in [0.5, 0.6) is 0 Å². The highest BCUT2D eigenvalue weighted by atomic mass is 35.5. The number of nitrogens with zero attached hydrogens (tertiary/aromatic N) is 4. The third kappa shape index (κ3) is 3.19. The second kappa shape index (κ2) is 6.38. The molecule has 3 aromatic rings. The summed E-state index contributed by atoms with van der Waals surface area (Å²) in [5, 5.41) is 1.34. The molecular weight excluding hydrogens is 312 g/mol. The van der Waals surface area contributed by atoms with Crippen LogP contribution in [0.15, 0.2) is 43.0 Å². The van der Waals surface area contributed by atoms with Gasteiger partial charge in [-0.15, -0.1) is 0 Å². The number of rotatable bonds is 4. The Morgan fingerprint density at radius 2 is 2.22 bits per heavy atom. The van der Waals surface area contributed by atoms with Gasteiger partial charge in [0.1, 0.15) is 0 Å². The molecule has 0 atom stereocenters. The Morgan fingerprint density at radius 1 is 1.39 bits per heavy atom. The van der Waals surface area contributed by atoms with Gasteiger partial charge in [-0.3, -0.25) is 9.78 Å². The molecule has 2 heterocycles. The first-order valence-electron chi connectivity index (χ1n) is 7.33. The average molecular weight is 329 g/mol. The Bertz CT molecular complexity index is 845. The van der Waals surface area contributed by atoms with Crippen LogP contribution >= 0.6 is 11.6 Å². The van der Waals surface area contributed by atoms with Crippen molar-refractivity contribution in [2.24, 2.45) is 0 Å². The van der Waals surface area contributed by atoms with Gasteiger partial charge in [-0.1, -0.05) is 23.7 Å². The predicted molar refractivity (Wildman–Crippen MR) is 90.7 cm³/mol. The topological polar surface area (TPSA) is 51.0 Å². The molecule has 6 heteroatoms. The summed E-state index contributed by atoms with van der Waals surface area (Å²) in [5.74, 6) is -0.0390. The molecule has 0 fully saturated rings. The molecule has 0 N–H and O–H groups in total. The molecule has 3 rings (SSSR count). The number of carbonyl (C=O) groups excluding carboxylic acids is 1. The quantitative estimate of drug-likeness (QED) is 0.739. The summed E-state index contributed by atoms with van der Waals surface area (Å²) in [7, 11) is 1.80. The van der Waals surface area contributed by atoms with E-state index in [1.807, 2.05) is 35.9 Å². The number of halogens is 1. The van der Waals surface area contributed by atoms with Crippen LogP contribution in [0.2, 0.25) is 5.02 Å². The summed E-state index contributed by atoms with van der Waals surface area (Å²) in [6.45, 7) is 3.16. The van der Waals surface area contributed by atoms with Crippen molar-refractivity contribution >= 4 is 28.4 Å². The number of para-hydroxylation sites is 1. The van der Waals surface area contributed by atoms with Gasteiger partial charge in [-0.2, -0.15) is 0 Å². The number of aryl methyl sites for hydroxylation is 1. The maximum Gasteiger partial charge on any atom is 0.254 e. The molecule has 2 aromatic heterocycles. The van der Waals surface area contributed by atoms with E-state index in [-0.39, 0.29) is 5.91 Å². The van der Waals surface area contributed by atoms with E-state index in [0.717, 1.165) is 11.1 Å². The molecule has 0 saturated heterocycles. The number of fused-ring (bicyclic) bond motifs is 1. The number of aromatic nitrogens is 3. The number of imidazole rings is 1. The minimum atomic E-state index is -0.0390. The molecule has 23 heavy (non-hydrogen) atoms. The first-order chi connectivity index (χ1) is 11.1. The van der Waals surface area contributed by atoms with E-state index in [0.29, 0.717) is 29.2 Å². The van der Waals surface area contributed by atoms with Gasteiger partial charge >= 0.3 is 0 Å². The zero-order valence-electron chi connectivity index (χ0n) is 13.0. The van der Waals surface area contributed by atoms with E-state index in [1.165, 1.54) is 0 Å². The lowest BCUT2D eigenvalue weighted by atomic mass is 10.1. The molecule has 1 aromatic carbocycles. The fourth-order valence-electron chi connectivity index (χ4n) is 2.51. The van der Waals surface area contributed by atoms with Crippen LogP contribution in [-0.4, -0.2) is 38.9 Å². The highest BCUT2D eigenvalue weighted by Crippen LogP contribution is 2.25. The predicted octanol–water partition coefficient (Wildman–Crippen LogP) is 3.17. The number of likely N-dealkylation sites (N-methyl/N-ethyl adjacent to an activating group) is 1. The van der Waals surface area contributed by atoms with Gasteiger partial charge in [0.05, 0.1) is 22.4 Å². The molecule has 0 aliphatic rings. The standard InChI is InChI=1S/C17H17ClN4O/c1-12-10-14(13-4-3-5-15(18)16(13)20-12)17(23)21(2)8-9-22-7-6-19-11-22/h3-7,10-11H,8-9H2,1-2H3. The van der Waals surface area contributed by atoms with Gasteiger partial charge in [0.15, 0.2) is 0 Å². The van der Waals surface area contributed by atoms with Crippen molar-refractivity contribution in [3.8, 4) is 0 Å². The van der Waals surface area contributed by atoms with E-state index in [1.54, 1.807) is 30.5 Å². The first-order valence-corrected chi connectivity index (χ1v) is 7.71. The van der Waals surface area contributed by atoms with Crippen molar-refractivity contribution in [2.75, 3.05) is 13.6 Å². The van der Waals surface area contributed by atoms with Crippen LogP contribution in [0.4, 0.5) is 0 Å². The first kappa shape index (κ1) is 15.5. The number of hydrogen-bond acceptors (Lipinski definition) is 3. The molecular formula is C17H17ClN4O. The van der Waals surface area contributed by atoms with Crippen molar-refractivity contribution < 1.29 is 4.79 Å². The molecule has 1 amide bonds. The average Bonchev–Trinajstić information content (AvgIpc) is 3.05. The van der Waals surface area contributed by atoms with Gasteiger partial charge in [-0.25, -0.2) is 4.98 Å². The third-order valence-electron chi connectivity index (χ3n) is 3.75. The van der Waals surface area contributed by atoms with Crippen molar-refractivity contribution in [2.45, 2.75) is 13.5 Å². The molecule has 0 unspecified atom stereocenters. The maximum atomic E-state index is 12.8. The highest BCUT2D eigenvalue weighted by Gasteiger charge is 2.17.